The zero-order valence-corrected chi connectivity index (χ0v) is 16.5. The summed E-state index contributed by atoms with van der Waals surface area (Å²) in [6.07, 6.45) is 2.76. The number of benzene rings is 1. The number of sulfonamides is 1. The predicted octanol–water partition coefficient (Wildman–Crippen LogP) is 1.91. The molecule has 1 saturated heterocycles. The smallest absolute Gasteiger partial charge is 0.213 e. The van der Waals surface area contributed by atoms with Gasteiger partial charge in [0.05, 0.1) is 5.75 Å². The molecule has 0 spiro atoms. The fourth-order valence-electron chi connectivity index (χ4n) is 3.54. The Bertz CT molecular complexity index is 712. The first-order valence-corrected chi connectivity index (χ1v) is 11.2. The van der Waals surface area contributed by atoms with Gasteiger partial charge < -0.3 is 10.6 Å². The number of hydrogen-bond acceptors (Lipinski definition) is 3. The molecule has 7 heteroatoms. The van der Waals surface area contributed by atoms with E-state index in [1.54, 1.807) is 11.2 Å². The molecular formula is C19H30N4O2S. The summed E-state index contributed by atoms with van der Waals surface area (Å²) in [7, 11) is -3.07. The van der Waals surface area contributed by atoms with Crippen molar-refractivity contribution in [1.29, 1.82) is 0 Å². The molecule has 1 saturated carbocycles. The Hall–Kier alpha value is -1.60. The molecule has 6 nitrogen and oxygen atoms in total. The Balaban J connectivity index is 1.50. The minimum atomic E-state index is -3.07. The fourth-order valence-corrected chi connectivity index (χ4v) is 4.68. The van der Waals surface area contributed by atoms with Gasteiger partial charge in [0.15, 0.2) is 5.96 Å². The summed E-state index contributed by atoms with van der Waals surface area (Å²) >= 11 is 0. The third-order valence-corrected chi connectivity index (χ3v) is 7.09. The SMILES string of the molecule is CCN=C(NC1CCN(S(=O)(=O)CC)CC1)NC1CC1c1ccccc1. The summed E-state index contributed by atoms with van der Waals surface area (Å²) in [4.78, 5) is 4.57. The van der Waals surface area contributed by atoms with Crippen LogP contribution in [0, 0.1) is 0 Å². The van der Waals surface area contributed by atoms with Crippen LogP contribution < -0.4 is 10.6 Å². The lowest BCUT2D eigenvalue weighted by atomic mass is 10.1. The highest BCUT2D eigenvalue weighted by Gasteiger charge is 2.39. The van der Waals surface area contributed by atoms with Gasteiger partial charge >= 0.3 is 0 Å². The first-order valence-electron chi connectivity index (χ1n) is 9.63. The van der Waals surface area contributed by atoms with Gasteiger partial charge in [-0.1, -0.05) is 30.3 Å². The number of nitrogens with zero attached hydrogens (tertiary/aromatic N) is 2. The second-order valence-electron chi connectivity index (χ2n) is 7.04. The van der Waals surface area contributed by atoms with Crippen molar-refractivity contribution in [3.8, 4) is 0 Å². The average molecular weight is 379 g/mol. The first kappa shape index (κ1) is 19.2. The third-order valence-electron chi connectivity index (χ3n) is 5.21. The lowest BCUT2D eigenvalue weighted by molar-refractivity contribution is 0.306. The van der Waals surface area contributed by atoms with E-state index < -0.39 is 10.0 Å². The zero-order chi connectivity index (χ0) is 18.6. The van der Waals surface area contributed by atoms with Crippen molar-refractivity contribution in [1.82, 2.24) is 14.9 Å². The van der Waals surface area contributed by atoms with Gasteiger partial charge in [0.25, 0.3) is 0 Å². The predicted molar refractivity (Wildman–Crippen MR) is 106 cm³/mol. The lowest BCUT2D eigenvalue weighted by Crippen LogP contribution is -2.50. The average Bonchev–Trinajstić information content (AvgIpc) is 3.42. The van der Waals surface area contributed by atoms with Crippen LogP contribution >= 0.6 is 0 Å². The number of guanidine groups is 1. The number of piperidine rings is 1. The molecular weight excluding hydrogens is 348 g/mol. The summed E-state index contributed by atoms with van der Waals surface area (Å²) in [6.45, 7) is 5.63. The molecule has 1 heterocycles. The van der Waals surface area contributed by atoms with Crippen molar-refractivity contribution >= 4 is 16.0 Å². The van der Waals surface area contributed by atoms with Crippen LogP contribution in [0.4, 0.5) is 0 Å². The maximum atomic E-state index is 12.0. The fraction of sp³-hybridized carbons (Fsp3) is 0.632. The Morgan fingerprint density at radius 3 is 2.46 bits per heavy atom. The monoisotopic (exact) mass is 378 g/mol. The molecule has 2 fully saturated rings. The molecule has 0 aromatic heterocycles. The minimum Gasteiger partial charge on any atom is -0.354 e. The number of rotatable bonds is 6. The van der Waals surface area contributed by atoms with Gasteiger partial charge in [-0.2, -0.15) is 0 Å². The van der Waals surface area contributed by atoms with Crippen LogP contribution in [0.1, 0.15) is 44.6 Å². The second kappa shape index (κ2) is 8.39. The maximum Gasteiger partial charge on any atom is 0.213 e. The number of aliphatic imine (C=N–C) groups is 1. The number of hydrogen-bond donors (Lipinski definition) is 2. The Labute approximate surface area is 157 Å². The van der Waals surface area contributed by atoms with E-state index in [1.807, 2.05) is 13.0 Å². The van der Waals surface area contributed by atoms with Crippen LogP contribution in [-0.2, 0) is 10.0 Å². The van der Waals surface area contributed by atoms with E-state index in [-0.39, 0.29) is 11.8 Å². The maximum absolute atomic E-state index is 12.0. The molecule has 0 bridgehead atoms. The van der Waals surface area contributed by atoms with Gasteiger partial charge in [0.2, 0.25) is 10.0 Å². The van der Waals surface area contributed by atoms with E-state index >= 15 is 0 Å². The van der Waals surface area contributed by atoms with Gasteiger partial charge in [0, 0.05) is 37.6 Å². The largest absolute Gasteiger partial charge is 0.354 e. The minimum absolute atomic E-state index is 0.178. The molecule has 0 amide bonds. The highest BCUT2D eigenvalue weighted by molar-refractivity contribution is 7.89. The Morgan fingerprint density at radius 2 is 1.85 bits per heavy atom. The number of nitrogens with one attached hydrogen (secondary N) is 2. The second-order valence-corrected chi connectivity index (χ2v) is 9.30. The molecule has 2 unspecified atom stereocenters. The molecule has 2 atom stereocenters. The van der Waals surface area contributed by atoms with E-state index in [0.29, 0.717) is 25.0 Å². The first-order chi connectivity index (χ1) is 12.5. The van der Waals surface area contributed by atoms with E-state index in [2.05, 4.69) is 39.9 Å². The molecule has 1 aliphatic carbocycles. The highest BCUT2D eigenvalue weighted by Crippen LogP contribution is 2.40. The van der Waals surface area contributed by atoms with Crippen molar-refractivity contribution < 1.29 is 8.42 Å². The lowest BCUT2D eigenvalue weighted by Gasteiger charge is -2.32. The molecule has 1 aromatic rings. The van der Waals surface area contributed by atoms with E-state index in [9.17, 15) is 8.42 Å². The van der Waals surface area contributed by atoms with Crippen LogP contribution in [0.25, 0.3) is 0 Å². The summed E-state index contributed by atoms with van der Waals surface area (Å²) in [6, 6.07) is 11.3. The van der Waals surface area contributed by atoms with Gasteiger partial charge in [-0.05, 0) is 38.7 Å². The van der Waals surface area contributed by atoms with Gasteiger partial charge in [-0.25, -0.2) is 12.7 Å². The topological polar surface area (TPSA) is 73.8 Å². The zero-order valence-electron chi connectivity index (χ0n) is 15.7. The van der Waals surface area contributed by atoms with Crippen LogP contribution in [0.3, 0.4) is 0 Å². The normalized spacial score (nSPS) is 25.1. The summed E-state index contributed by atoms with van der Waals surface area (Å²) < 4.78 is 25.6. The molecule has 3 rings (SSSR count). The van der Waals surface area contributed by atoms with E-state index in [0.717, 1.165) is 31.8 Å². The van der Waals surface area contributed by atoms with Crippen LogP contribution in [0.15, 0.2) is 35.3 Å². The third kappa shape index (κ3) is 4.76. The van der Waals surface area contributed by atoms with Crippen molar-refractivity contribution in [2.75, 3.05) is 25.4 Å². The Morgan fingerprint density at radius 1 is 1.15 bits per heavy atom. The Kier molecular flexibility index (Phi) is 6.19. The molecule has 2 aliphatic rings. The summed E-state index contributed by atoms with van der Waals surface area (Å²) in [5.41, 5.74) is 1.37. The molecule has 144 valence electrons. The van der Waals surface area contributed by atoms with Crippen LogP contribution in [-0.4, -0.2) is 56.2 Å². The summed E-state index contributed by atoms with van der Waals surface area (Å²) in [5.74, 6) is 1.59. The van der Waals surface area contributed by atoms with Crippen LogP contribution in [0.2, 0.25) is 0 Å². The van der Waals surface area contributed by atoms with Gasteiger partial charge in [-0.15, -0.1) is 0 Å². The quantitative estimate of drug-likeness (QED) is 0.586. The highest BCUT2D eigenvalue weighted by atomic mass is 32.2. The van der Waals surface area contributed by atoms with E-state index in [1.165, 1.54) is 5.56 Å². The molecule has 26 heavy (non-hydrogen) atoms. The van der Waals surface area contributed by atoms with Crippen molar-refractivity contribution in [2.45, 2.75) is 51.1 Å². The summed E-state index contributed by atoms with van der Waals surface area (Å²) in [5, 5.41) is 7.06. The molecule has 1 aromatic carbocycles. The van der Waals surface area contributed by atoms with Gasteiger partial charge in [0.1, 0.15) is 0 Å². The van der Waals surface area contributed by atoms with Crippen molar-refractivity contribution in [3.05, 3.63) is 35.9 Å². The van der Waals surface area contributed by atoms with Crippen molar-refractivity contribution in [2.24, 2.45) is 4.99 Å². The standard InChI is InChI=1S/C19H30N4O2S/c1-3-20-19(22-18-14-17(18)15-8-6-5-7-9-15)21-16-10-12-23(13-11-16)26(24,25)4-2/h5-9,16-18H,3-4,10-14H2,1-2H3,(H2,20,21,22). The molecule has 2 N–H and O–H groups in total. The molecule has 0 radical (unpaired) electrons. The molecule has 1 aliphatic heterocycles. The van der Waals surface area contributed by atoms with Gasteiger partial charge in [-0.3, -0.25) is 4.99 Å². The van der Waals surface area contributed by atoms with Crippen LogP contribution in [0.5, 0.6) is 0 Å². The van der Waals surface area contributed by atoms with Crippen molar-refractivity contribution in [3.63, 3.8) is 0 Å². The van der Waals surface area contributed by atoms with E-state index in [4.69, 9.17) is 0 Å².